The molecule has 7 heteroatoms. The first-order valence-electron chi connectivity index (χ1n) is 24.8. The molecule has 15 aromatic rings. The summed E-state index contributed by atoms with van der Waals surface area (Å²) in [5, 5.41) is 13.8. The normalized spacial score (nSPS) is 13.9. The number of nitrogens with zero attached hydrogens (tertiary/aromatic N) is 3. The molecule has 0 radical (unpaired) electrons. The van der Waals surface area contributed by atoms with Crippen LogP contribution in [0.25, 0.3) is 98.1 Å². The van der Waals surface area contributed by atoms with Crippen LogP contribution in [0.1, 0.15) is 0 Å². The molecule has 18 rings (SSSR count). The van der Waals surface area contributed by atoms with Gasteiger partial charge >= 0.3 is 426 Å². The second-order valence-electron chi connectivity index (χ2n) is 19.7. The van der Waals surface area contributed by atoms with Crippen molar-refractivity contribution in [2.24, 2.45) is 0 Å². The van der Waals surface area contributed by atoms with E-state index >= 15 is 0 Å². The van der Waals surface area contributed by atoms with Crippen LogP contribution < -0.4 is 25.2 Å². The fourth-order valence-electron chi connectivity index (χ4n) is 12.7. The third kappa shape index (κ3) is 5.17. The average Bonchev–Trinajstić information content (AvgIpc) is 4.11. The third-order valence-corrected chi connectivity index (χ3v) is 23.6. The Balaban J connectivity index is 0.909. The zero-order valence-corrected chi connectivity index (χ0v) is 41.4. The molecule has 0 saturated carbocycles. The predicted octanol–water partition coefficient (Wildman–Crippen LogP) is 16.7. The van der Waals surface area contributed by atoms with Gasteiger partial charge in [0.25, 0.3) is 0 Å². The zero-order chi connectivity index (χ0) is 47.2. The Morgan fingerprint density at radius 2 is 0.493 bits per heavy atom. The molecule has 6 heterocycles. The van der Waals surface area contributed by atoms with Gasteiger partial charge in [0, 0.05) is 0 Å². The van der Waals surface area contributed by atoms with Gasteiger partial charge in [-0.05, 0) is 0 Å². The van der Waals surface area contributed by atoms with Crippen LogP contribution in [0.2, 0.25) is 0 Å². The van der Waals surface area contributed by atoms with E-state index in [4.69, 9.17) is 13.3 Å². The van der Waals surface area contributed by atoms with E-state index in [0.29, 0.717) is 0 Å². The first-order valence-corrected chi connectivity index (χ1v) is 28.6. The number of fused-ring (bicyclic) bond motifs is 12. The van der Waals surface area contributed by atoms with Gasteiger partial charge in [0.15, 0.2) is 0 Å². The molecule has 0 saturated heterocycles. The van der Waals surface area contributed by atoms with Gasteiger partial charge in [-0.1, -0.05) is 0 Å². The average molecular weight is 1040 g/mol. The summed E-state index contributed by atoms with van der Waals surface area (Å²) in [6.45, 7) is 0. The van der Waals surface area contributed by atoms with Crippen LogP contribution >= 0.6 is 0 Å². The van der Waals surface area contributed by atoms with Crippen LogP contribution in [-0.4, -0.2) is 20.2 Å². The fourth-order valence-corrected chi connectivity index (χ4v) is 21.5. The number of hydrogen-bond acceptors (Lipinski definition) is 6. The summed E-state index contributed by atoms with van der Waals surface area (Å²) in [5.41, 5.74) is 16.1. The van der Waals surface area contributed by atoms with E-state index in [0.717, 1.165) is 82.9 Å². The molecule has 6 nitrogen and oxygen atoms in total. The van der Waals surface area contributed by atoms with Gasteiger partial charge in [0.1, 0.15) is 0 Å². The molecule has 3 aliphatic rings. The van der Waals surface area contributed by atoms with Gasteiger partial charge in [-0.15, -0.1) is 0 Å². The topological polar surface area (TPSA) is 49.1 Å². The Kier molecular flexibility index (Phi) is 7.39. The van der Waals surface area contributed by atoms with Crippen molar-refractivity contribution in [2.75, 3.05) is 14.7 Å². The van der Waals surface area contributed by atoms with Crippen LogP contribution in [0.4, 0.5) is 51.2 Å². The summed E-state index contributed by atoms with van der Waals surface area (Å²) < 4.78 is 24.2. The van der Waals surface area contributed by atoms with E-state index in [1.807, 2.05) is 0 Å². The van der Waals surface area contributed by atoms with Crippen molar-refractivity contribution in [3.8, 4) is 0 Å². The Labute approximate surface area is 423 Å². The maximum absolute atomic E-state index is 6.61. The van der Waals surface area contributed by atoms with Crippen LogP contribution in [0.15, 0.2) is 232 Å². The minimum atomic E-state index is -2.90. The molecule has 0 N–H and O–H groups in total. The minimum absolute atomic E-state index is 0.882. The Bertz CT molecular complexity index is 4420. The first kappa shape index (κ1) is 38.7. The molecule has 3 aromatic heterocycles. The number of rotatable bonds is 3. The fraction of sp³-hybridized carbons (Fsp3) is 0. The van der Waals surface area contributed by atoms with Crippen LogP contribution in [0, 0.1) is 0 Å². The molecule has 0 fully saturated rings. The van der Waals surface area contributed by atoms with Crippen molar-refractivity contribution < 1.29 is 13.3 Å². The van der Waals surface area contributed by atoms with E-state index in [9.17, 15) is 0 Å². The van der Waals surface area contributed by atoms with Crippen molar-refractivity contribution in [3.05, 3.63) is 218 Å². The maximum atomic E-state index is 6.61. The van der Waals surface area contributed by atoms with E-state index in [1.165, 1.54) is 77.0 Å². The molecule has 0 atom stereocenters. The summed E-state index contributed by atoms with van der Waals surface area (Å²) in [6, 6.07) is 80.3. The Morgan fingerprint density at radius 3 is 0.781 bits per heavy atom. The summed E-state index contributed by atoms with van der Waals surface area (Å²) in [6.07, 6.45) is 0. The third-order valence-electron chi connectivity index (χ3n) is 15.8. The van der Waals surface area contributed by atoms with Gasteiger partial charge in [0.2, 0.25) is 0 Å². The predicted molar refractivity (Wildman–Crippen MR) is 303 cm³/mol. The number of hydrogen-bond donors (Lipinski definition) is 0. The molecule has 12 aromatic carbocycles. The van der Waals surface area contributed by atoms with E-state index in [2.05, 4.69) is 233 Å². The van der Waals surface area contributed by atoms with Gasteiger partial charge in [-0.25, -0.2) is 0 Å². The van der Waals surface area contributed by atoms with E-state index in [1.54, 1.807) is 0 Å². The standard InChI is InChI=1S/C66H36N3O3.Sb/c1-4-13-43-31-64-55(28-40(43)10-1)58-37-52(22-25-61(58)70-64)67-46-16-7-18-48(34-46)68(53-23-26-62-59(38-53)56-29-41-11-2-5-14-44(41)32-65(56)71-62)50-20-9-21-51(36-50)69(49-19-8-17-47(67)35-49)54-24-27-63-60(39-54)57-30-42-12-3-6-15-45(42)33-66(57)72-63;/h1-33,37-39H;. The van der Waals surface area contributed by atoms with Crippen molar-refractivity contribution in [1.29, 1.82) is 0 Å². The molecule has 0 bridgehead atoms. The quantitative estimate of drug-likeness (QED) is 0.164. The molecule has 3 aliphatic heterocycles. The SMILES string of the molecule is c1cc2[c]3c(c1)N(c1ccc4oc5cc6ccccc6cc5c4c1)c1cccc4[c]1[Sb]3[c]1c(cccc1N4c1ccc3oc4cc5ccccc5cc4c3c1)N2c1ccc2oc3cc4ccccc4cc3c2c1. The van der Waals surface area contributed by atoms with Crippen molar-refractivity contribution in [1.82, 2.24) is 0 Å². The van der Waals surface area contributed by atoms with E-state index < -0.39 is 20.2 Å². The van der Waals surface area contributed by atoms with Gasteiger partial charge < -0.3 is 0 Å². The summed E-state index contributed by atoms with van der Waals surface area (Å²) >= 11 is -2.90. The molecule has 338 valence electrons. The van der Waals surface area contributed by atoms with Gasteiger partial charge in [-0.2, -0.15) is 0 Å². The molecule has 0 amide bonds. The first-order chi connectivity index (χ1) is 36.1. The monoisotopic (exact) mass is 1040 g/mol. The number of benzene rings is 12. The Hall–Kier alpha value is -8.96. The van der Waals surface area contributed by atoms with Gasteiger partial charge in [-0.3, -0.25) is 0 Å². The zero-order valence-electron chi connectivity index (χ0n) is 38.8. The van der Waals surface area contributed by atoms with Gasteiger partial charge in [0.05, 0.1) is 0 Å². The van der Waals surface area contributed by atoms with Crippen LogP contribution in [0.3, 0.4) is 0 Å². The summed E-state index contributed by atoms with van der Waals surface area (Å²) in [5.74, 6) is 0. The second-order valence-corrected chi connectivity index (χ2v) is 25.5. The molecule has 0 spiro atoms. The molecule has 0 aliphatic carbocycles. The van der Waals surface area contributed by atoms with Crippen molar-refractivity contribution >= 4 is 180 Å². The number of furan rings is 3. The number of anilines is 9. The molecule has 73 heavy (non-hydrogen) atoms. The molecular weight excluding hydrogens is 1000 g/mol. The Morgan fingerprint density at radius 1 is 0.233 bits per heavy atom. The van der Waals surface area contributed by atoms with Crippen molar-refractivity contribution in [3.63, 3.8) is 0 Å². The van der Waals surface area contributed by atoms with E-state index in [-0.39, 0.29) is 0 Å². The van der Waals surface area contributed by atoms with Crippen LogP contribution in [-0.2, 0) is 0 Å². The summed E-state index contributed by atoms with van der Waals surface area (Å²) in [4.78, 5) is 7.63. The summed E-state index contributed by atoms with van der Waals surface area (Å²) in [7, 11) is 0. The van der Waals surface area contributed by atoms with Crippen LogP contribution in [0.5, 0.6) is 0 Å². The second kappa shape index (κ2) is 13.9. The molecular formula is C66H36N3O3Sb. The molecule has 0 unspecified atom stereocenters. The van der Waals surface area contributed by atoms with Crippen molar-refractivity contribution in [2.45, 2.75) is 0 Å².